The Labute approximate surface area is 317 Å². The molecule has 2 aliphatic rings. The molecule has 33 nitrogen and oxygen atoms in total. The average Bonchev–Trinajstić information content (AvgIpc) is 3.64. The van der Waals surface area contributed by atoms with Crippen LogP contribution in [-0.4, -0.2) is 139 Å². The number of ether oxygens (including phenoxy) is 1. The van der Waals surface area contributed by atoms with Gasteiger partial charge in [0.1, 0.15) is 0 Å². The van der Waals surface area contributed by atoms with Crippen molar-refractivity contribution >= 4 is 71.4 Å². The van der Waals surface area contributed by atoms with Gasteiger partial charge in [-0.05, 0) is 6.42 Å². The normalized spacial score (nSPS) is 10.6. The zero-order valence-electron chi connectivity index (χ0n) is 29.3. The van der Waals surface area contributed by atoms with Gasteiger partial charge >= 0.3 is 41.8 Å². The molecule has 33 heteroatoms. The summed E-state index contributed by atoms with van der Waals surface area (Å²) in [4.78, 5) is 119. The number of carbonyl (C=O) groups excluding carboxylic acids is 7. The van der Waals surface area contributed by atoms with E-state index < -0.39 is 71.4 Å². The predicted molar refractivity (Wildman–Crippen MR) is 169 cm³/mol. The molecule has 338 valence electrons. The number of rotatable bonds is 12. The highest BCUT2D eigenvalue weighted by Crippen LogP contribution is 2.07. The summed E-state index contributed by atoms with van der Waals surface area (Å²) in [5.41, 5.74) is 2.61. The summed E-state index contributed by atoms with van der Waals surface area (Å²) in [7, 11) is 0. The number of hydroxylamine groups is 4. The van der Waals surface area contributed by atoms with E-state index in [0.29, 0.717) is 0 Å². The van der Waals surface area contributed by atoms with Crippen LogP contribution in [0, 0.1) is 0 Å². The molecular formula is C24H48N5O28-. The number of carbonyl (C=O) groups is 12. The number of hydrogen-bond acceptors (Lipinski definition) is 23. The van der Waals surface area contributed by atoms with Gasteiger partial charge in [-0.25, -0.2) is 22.8 Å². The Balaban J connectivity index is -0.0000000563. The molecular weight excluding hydrogens is 806 g/mol. The number of carboxylic acid groups (broad SMARTS) is 6. The molecule has 0 unspecified atom stereocenters. The Morgan fingerprint density at radius 3 is 0.895 bits per heavy atom. The average molecular weight is 855 g/mol. The Bertz CT molecular complexity index is 1080. The van der Waals surface area contributed by atoms with Crippen molar-refractivity contribution in [2.75, 3.05) is 0 Å². The maximum Gasteiger partial charge on any atom is 0.314 e. The first-order valence-electron chi connectivity index (χ1n) is 13.5. The fourth-order valence-corrected chi connectivity index (χ4v) is 1.97. The Morgan fingerprint density at radius 2 is 0.754 bits per heavy atom. The largest absolute Gasteiger partial charge is 0.870 e. The van der Waals surface area contributed by atoms with Crippen LogP contribution in [0.5, 0.6) is 0 Å². The molecule has 24 N–H and O–H groups in total. The van der Waals surface area contributed by atoms with Gasteiger partial charge in [0.2, 0.25) is 11.8 Å². The summed E-state index contributed by atoms with van der Waals surface area (Å²) in [6.07, 6.45) is -1.43. The molecule has 2 saturated heterocycles. The molecule has 4 amide bonds. The number of hydrogen-bond donors (Lipinski definition) is 14. The lowest BCUT2D eigenvalue weighted by atomic mass is 10.3. The monoisotopic (exact) mass is 854 g/mol. The highest BCUT2D eigenvalue weighted by molar-refractivity contribution is 6.00. The van der Waals surface area contributed by atoms with Gasteiger partial charge in [-0.3, -0.25) is 68.4 Å². The number of cyclic esters (lactones) is 2. The van der Waals surface area contributed by atoms with E-state index in [9.17, 15) is 62.6 Å². The first-order chi connectivity index (χ1) is 24.6. The van der Waals surface area contributed by atoms with Crippen LogP contribution in [0.1, 0.15) is 77.0 Å². The van der Waals surface area contributed by atoms with Crippen LogP contribution in [0.3, 0.4) is 0 Å². The Hall–Kier alpha value is -6.40. The number of carboxylic acids is 6. The number of esters is 2. The van der Waals surface area contributed by atoms with Crippen LogP contribution >= 0.6 is 0 Å². The molecule has 57 heavy (non-hydrogen) atoms. The molecule has 2 heterocycles. The fourth-order valence-electron chi connectivity index (χ4n) is 1.97. The second-order valence-corrected chi connectivity index (χ2v) is 8.36. The third-order valence-electron chi connectivity index (χ3n) is 4.26. The number of aliphatic carboxylic acids is 6. The zero-order chi connectivity index (χ0) is 43.1. The van der Waals surface area contributed by atoms with Crippen LogP contribution in [0.25, 0.3) is 0 Å². The minimum atomic E-state index is -1.31. The molecule has 0 saturated carbocycles. The fraction of sp³-hybridized carbons (Fsp3) is 0.500. The second kappa shape index (κ2) is 51.7. The lowest BCUT2D eigenvalue weighted by molar-refractivity contribution is -0.305. The van der Waals surface area contributed by atoms with E-state index in [1.54, 1.807) is 0 Å². The molecule has 2 fully saturated rings. The van der Waals surface area contributed by atoms with E-state index in [0.717, 1.165) is 0 Å². The van der Waals surface area contributed by atoms with E-state index in [4.69, 9.17) is 51.6 Å². The van der Waals surface area contributed by atoms with Crippen molar-refractivity contribution in [3.8, 4) is 0 Å². The minimum Gasteiger partial charge on any atom is -0.870 e. The molecule has 0 aromatic carbocycles. The highest BCUT2D eigenvalue weighted by atomic mass is 16.6. The smallest absolute Gasteiger partial charge is 0.314 e. The van der Waals surface area contributed by atoms with Crippen LogP contribution in [0.15, 0.2) is 0 Å². The van der Waals surface area contributed by atoms with Gasteiger partial charge in [-0.2, -0.15) is 5.06 Å². The lowest BCUT2D eigenvalue weighted by Gasteiger charge is -1.98. The Morgan fingerprint density at radius 1 is 0.526 bits per heavy atom. The summed E-state index contributed by atoms with van der Waals surface area (Å²) in [5.74, 6) is -2.88. The summed E-state index contributed by atoms with van der Waals surface area (Å²) in [6, 6.07) is 0. The molecule has 0 radical (unpaired) electrons. The van der Waals surface area contributed by atoms with Crippen LogP contribution in [0.4, 0.5) is 0 Å². The Kier molecular flexibility index (Phi) is 68.5. The van der Waals surface area contributed by atoms with E-state index in [1.165, 1.54) is 11.0 Å². The van der Waals surface area contributed by atoms with Crippen molar-refractivity contribution in [1.29, 1.82) is 0 Å². The predicted octanol–water partition coefficient (Wildman–Crippen LogP) is -6.90. The number of nitrogens with two attached hydrogens (primary N) is 2. The van der Waals surface area contributed by atoms with E-state index in [1.807, 2.05) is 0 Å². The third kappa shape index (κ3) is 71.7. The number of nitrogens with zero attached hydrogens (tertiary/aromatic N) is 1. The standard InChI is InChI=1S/2C4H7NO4.C4H5NO3.2C4H6O4.C4H4O3.2H3NO.4H2O/c2*6-3(5-9)1-2-4(7)8;6-3-1-2-4(7)5(3)8;2*5-3(6)1-2-4(7)8;5-3-1-2-4(6)7-3;2*1-2;;;;/h2*9H,1-2H2,(H,5,6)(H,7,8);8H,1-2H2;2*1-2H2,(H,5,6)(H,7,8);1-2H2;2*2H,1H2;4*1H2/p-1. The van der Waals surface area contributed by atoms with Gasteiger partial charge < -0.3 is 72.5 Å². The molecule has 0 aliphatic carbocycles. The molecule has 0 aromatic heterocycles. The van der Waals surface area contributed by atoms with E-state index >= 15 is 0 Å². The van der Waals surface area contributed by atoms with Crippen molar-refractivity contribution < 1.29 is 141 Å². The van der Waals surface area contributed by atoms with Gasteiger partial charge in [0.15, 0.2) is 0 Å². The number of imide groups is 1. The van der Waals surface area contributed by atoms with Crippen molar-refractivity contribution in [2.24, 2.45) is 11.8 Å². The minimum absolute atomic E-state index is 0. The first kappa shape index (κ1) is 75.5. The van der Waals surface area contributed by atoms with Crippen LogP contribution in [0.2, 0.25) is 0 Å². The second-order valence-electron chi connectivity index (χ2n) is 8.36. The quantitative estimate of drug-likeness (QED) is 0.0217. The van der Waals surface area contributed by atoms with Gasteiger partial charge in [-0.15, -0.1) is 0 Å². The molecule has 0 bridgehead atoms. The SMILES string of the molecule is NO.NO.O=C(O)CCC(=O)NO.O=C(O)CCC(=O)O.O=C(O)CCC(=O)O.O=C([O-])CCC(=O)NO.O=C1CCC(=O)N1O.O=C1CCC(=O)O1.[OH-].[OH-].[OH3+].[OH3+]. The topological polar surface area (TPSA) is 645 Å². The van der Waals surface area contributed by atoms with E-state index in [2.05, 4.69) is 16.5 Å². The third-order valence-corrected chi connectivity index (χ3v) is 4.26. The van der Waals surface area contributed by atoms with Crippen LogP contribution < -0.4 is 27.9 Å². The number of amides is 4. The van der Waals surface area contributed by atoms with Crippen molar-refractivity contribution in [2.45, 2.75) is 77.0 Å². The van der Waals surface area contributed by atoms with Gasteiger partial charge in [0, 0.05) is 31.7 Å². The van der Waals surface area contributed by atoms with E-state index in [-0.39, 0.29) is 104 Å². The molecule has 2 rings (SSSR count). The molecule has 2 aliphatic heterocycles. The first-order valence-corrected chi connectivity index (χ1v) is 13.5. The van der Waals surface area contributed by atoms with Gasteiger partial charge in [0.25, 0.3) is 11.8 Å². The van der Waals surface area contributed by atoms with Crippen molar-refractivity contribution in [3.63, 3.8) is 0 Å². The zero-order valence-corrected chi connectivity index (χ0v) is 29.3. The highest BCUT2D eigenvalue weighted by Gasteiger charge is 2.26. The van der Waals surface area contributed by atoms with Crippen molar-refractivity contribution in [1.82, 2.24) is 16.0 Å². The molecule has 0 atom stereocenters. The summed E-state index contributed by atoms with van der Waals surface area (Å²) in [6.45, 7) is 0. The van der Waals surface area contributed by atoms with Crippen LogP contribution in [-0.2, 0) is 73.2 Å². The summed E-state index contributed by atoms with van der Waals surface area (Å²) < 4.78 is 4.08. The maximum atomic E-state index is 10.2. The van der Waals surface area contributed by atoms with Gasteiger partial charge in [0.05, 0.1) is 44.9 Å². The maximum absolute atomic E-state index is 10.2. The molecule has 0 spiro atoms. The van der Waals surface area contributed by atoms with Crippen molar-refractivity contribution in [3.05, 3.63) is 0 Å². The summed E-state index contributed by atoms with van der Waals surface area (Å²) >= 11 is 0. The lowest BCUT2D eigenvalue weighted by Crippen LogP contribution is -2.26. The summed E-state index contributed by atoms with van der Waals surface area (Å²) in [5, 5.41) is 86.5. The molecule has 0 aromatic rings. The number of nitrogens with one attached hydrogen (secondary N) is 2. The van der Waals surface area contributed by atoms with Gasteiger partial charge in [-0.1, -0.05) is 0 Å².